The summed E-state index contributed by atoms with van der Waals surface area (Å²) in [4.78, 5) is 54.6. The van der Waals surface area contributed by atoms with Crippen molar-refractivity contribution in [2.24, 2.45) is 5.73 Å². The highest BCUT2D eigenvalue weighted by Gasteiger charge is 2.35. The maximum absolute atomic E-state index is 15.0. The van der Waals surface area contributed by atoms with Crippen LogP contribution in [0.2, 0.25) is 0 Å². The first-order valence-electron chi connectivity index (χ1n) is 13.7. The largest absolute Gasteiger partial charge is 0.474 e. The maximum Gasteiger partial charge on any atom is 0.416 e. The Morgan fingerprint density at radius 3 is 2.21 bits per heavy atom. The van der Waals surface area contributed by atoms with Gasteiger partial charge in [-0.3, -0.25) is 24.1 Å². The quantitative estimate of drug-likeness (QED) is 0.109. The molecule has 5 rings (SSSR count). The number of nitrogens with two attached hydrogens (primary N) is 1. The van der Waals surface area contributed by atoms with Crippen LogP contribution in [0.25, 0.3) is 11.3 Å². The molecule has 0 bridgehead atoms. The average molecular weight is 722 g/mol. The summed E-state index contributed by atoms with van der Waals surface area (Å²) in [6.45, 7) is -0.755. The van der Waals surface area contributed by atoms with Gasteiger partial charge in [-0.1, -0.05) is 24.3 Å². The number of hydrogen-bond donors (Lipinski definition) is 1. The SMILES string of the molecule is NC(=O)c1c(F)ccc(OC(COC(=O)CCCN2C(=O)c3ccccc3C2=O)c2nc(-c3ccc(C(F)(F)F)cc3)c(Br)o2)c1F. The third-order valence-electron chi connectivity index (χ3n) is 6.97. The van der Waals surface area contributed by atoms with Crippen molar-refractivity contribution in [3.05, 3.63) is 105 Å². The van der Waals surface area contributed by atoms with E-state index in [0.29, 0.717) is 0 Å². The molecule has 0 radical (unpaired) electrons. The van der Waals surface area contributed by atoms with Gasteiger partial charge in [0.2, 0.25) is 12.0 Å². The molecule has 0 aliphatic carbocycles. The minimum Gasteiger partial charge on any atom is -0.474 e. The molecule has 1 unspecified atom stereocenters. The summed E-state index contributed by atoms with van der Waals surface area (Å²) < 4.78 is 84.6. The molecule has 3 amide bonds. The lowest BCUT2D eigenvalue weighted by Crippen LogP contribution is -2.31. The van der Waals surface area contributed by atoms with E-state index >= 15 is 4.39 Å². The van der Waals surface area contributed by atoms with Gasteiger partial charge >= 0.3 is 12.1 Å². The molecule has 1 aliphatic rings. The predicted octanol–water partition coefficient (Wildman–Crippen LogP) is 6.24. The molecule has 2 heterocycles. The smallest absolute Gasteiger partial charge is 0.416 e. The van der Waals surface area contributed by atoms with Gasteiger partial charge < -0.3 is 19.6 Å². The van der Waals surface area contributed by atoms with Crippen LogP contribution in [0, 0.1) is 11.6 Å². The molecule has 0 spiro atoms. The molecule has 1 atom stereocenters. The van der Waals surface area contributed by atoms with Gasteiger partial charge in [0.05, 0.1) is 16.7 Å². The Hall–Kier alpha value is -5.12. The van der Waals surface area contributed by atoms with E-state index in [1.807, 2.05) is 0 Å². The van der Waals surface area contributed by atoms with Crippen molar-refractivity contribution in [3.8, 4) is 17.0 Å². The number of primary amides is 1. The van der Waals surface area contributed by atoms with Crippen LogP contribution in [0.4, 0.5) is 22.0 Å². The summed E-state index contributed by atoms with van der Waals surface area (Å²) in [6.07, 6.45) is -6.34. The van der Waals surface area contributed by atoms with Gasteiger partial charge in [0, 0.05) is 18.5 Å². The third-order valence-corrected chi connectivity index (χ3v) is 7.51. The lowest BCUT2D eigenvalue weighted by atomic mass is 10.1. The number of nitrogens with zero attached hydrogens (tertiary/aromatic N) is 2. The van der Waals surface area contributed by atoms with Gasteiger partial charge in [-0.25, -0.2) is 13.8 Å². The van der Waals surface area contributed by atoms with Gasteiger partial charge in [0.1, 0.15) is 23.7 Å². The van der Waals surface area contributed by atoms with E-state index in [9.17, 15) is 36.7 Å². The van der Waals surface area contributed by atoms with E-state index in [1.165, 1.54) is 12.1 Å². The predicted molar refractivity (Wildman–Crippen MR) is 155 cm³/mol. The lowest BCUT2D eigenvalue weighted by molar-refractivity contribution is -0.146. The zero-order valence-electron chi connectivity index (χ0n) is 23.8. The summed E-state index contributed by atoms with van der Waals surface area (Å²) >= 11 is 3.13. The van der Waals surface area contributed by atoms with Crippen LogP contribution in [0.5, 0.6) is 5.75 Å². The molecular formula is C31H21BrF5N3O7. The number of oxazole rings is 1. The van der Waals surface area contributed by atoms with E-state index in [2.05, 4.69) is 20.9 Å². The van der Waals surface area contributed by atoms with Crippen molar-refractivity contribution < 1.29 is 55.0 Å². The number of aromatic nitrogens is 1. The summed E-state index contributed by atoms with van der Waals surface area (Å²) in [5.74, 6) is -6.97. The Bertz CT molecular complexity index is 1840. The van der Waals surface area contributed by atoms with E-state index in [-0.39, 0.29) is 52.3 Å². The average Bonchev–Trinajstić information content (AvgIpc) is 3.52. The summed E-state index contributed by atoms with van der Waals surface area (Å²) in [5.41, 5.74) is 3.80. The zero-order valence-corrected chi connectivity index (χ0v) is 25.4. The van der Waals surface area contributed by atoms with Gasteiger partial charge in [0.25, 0.3) is 17.7 Å². The van der Waals surface area contributed by atoms with Crippen LogP contribution in [0.3, 0.4) is 0 Å². The van der Waals surface area contributed by atoms with Gasteiger partial charge in [-0.05, 0) is 58.7 Å². The molecule has 16 heteroatoms. The lowest BCUT2D eigenvalue weighted by Gasteiger charge is -2.18. The molecule has 0 saturated carbocycles. The maximum atomic E-state index is 15.0. The number of ether oxygens (including phenoxy) is 2. The van der Waals surface area contributed by atoms with E-state index < -0.39 is 71.1 Å². The number of halogens is 6. The minimum absolute atomic E-state index is 0.0204. The van der Waals surface area contributed by atoms with Gasteiger partial charge in [-0.15, -0.1) is 0 Å². The number of carbonyl (C=O) groups excluding carboxylic acids is 4. The van der Waals surface area contributed by atoms with Crippen molar-refractivity contribution in [3.63, 3.8) is 0 Å². The van der Waals surface area contributed by atoms with Crippen molar-refractivity contribution in [1.82, 2.24) is 9.88 Å². The summed E-state index contributed by atoms with van der Waals surface area (Å²) in [6, 6.07) is 11.8. The molecular weight excluding hydrogens is 701 g/mol. The number of esters is 1. The molecule has 1 aromatic heterocycles. The van der Waals surface area contributed by atoms with E-state index in [1.54, 1.807) is 12.1 Å². The number of imide groups is 1. The molecule has 4 aromatic rings. The zero-order chi connectivity index (χ0) is 34.0. The summed E-state index contributed by atoms with van der Waals surface area (Å²) in [7, 11) is 0. The topological polar surface area (TPSA) is 142 Å². The molecule has 47 heavy (non-hydrogen) atoms. The minimum atomic E-state index is -4.58. The summed E-state index contributed by atoms with van der Waals surface area (Å²) in [5, 5.41) is 0. The van der Waals surface area contributed by atoms with Crippen molar-refractivity contribution in [2.45, 2.75) is 25.1 Å². The fraction of sp³-hybridized carbons (Fsp3) is 0.194. The standard InChI is InChI=1S/C31H21BrF5N3O7/c32-26-25(15-7-9-16(10-8-15)31(35,36)37)39-28(47-26)21(46-20-12-11-19(33)23(24(20)34)27(38)42)14-45-22(41)6-3-13-40-29(43)17-4-1-2-5-18(17)30(40)44/h1-2,4-5,7-12,21H,3,6,13-14H2,(H2,38,42). The molecule has 3 aromatic carbocycles. The fourth-order valence-corrected chi connectivity index (χ4v) is 5.16. The molecule has 10 nitrogen and oxygen atoms in total. The first-order valence-corrected chi connectivity index (χ1v) is 14.4. The highest BCUT2D eigenvalue weighted by atomic mass is 79.9. The second kappa shape index (κ2) is 13.3. The normalized spacial score (nSPS) is 13.4. The number of amides is 3. The van der Waals surface area contributed by atoms with Crippen molar-refractivity contribution >= 4 is 39.6 Å². The van der Waals surface area contributed by atoms with Crippen LogP contribution in [-0.4, -0.2) is 46.7 Å². The molecule has 2 N–H and O–H groups in total. The number of fused-ring (bicyclic) bond motifs is 1. The van der Waals surface area contributed by atoms with Crippen LogP contribution in [0.1, 0.15) is 61.5 Å². The Morgan fingerprint density at radius 1 is 0.979 bits per heavy atom. The van der Waals surface area contributed by atoms with Crippen molar-refractivity contribution in [1.29, 1.82) is 0 Å². The van der Waals surface area contributed by atoms with Crippen LogP contribution < -0.4 is 10.5 Å². The van der Waals surface area contributed by atoms with E-state index in [0.717, 1.165) is 41.3 Å². The van der Waals surface area contributed by atoms with Crippen LogP contribution in [-0.2, 0) is 15.7 Å². The second-order valence-electron chi connectivity index (χ2n) is 10.0. The number of rotatable bonds is 11. The van der Waals surface area contributed by atoms with Gasteiger partial charge in [0.15, 0.2) is 16.2 Å². The first kappa shape index (κ1) is 33.2. The monoisotopic (exact) mass is 721 g/mol. The van der Waals surface area contributed by atoms with Crippen molar-refractivity contribution in [2.75, 3.05) is 13.2 Å². The number of hydrogen-bond acceptors (Lipinski definition) is 8. The Kier molecular flexibility index (Phi) is 9.42. The Balaban J connectivity index is 1.32. The Morgan fingerprint density at radius 2 is 1.62 bits per heavy atom. The van der Waals surface area contributed by atoms with Gasteiger partial charge in [-0.2, -0.15) is 13.2 Å². The molecule has 0 saturated heterocycles. The second-order valence-corrected chi connectivity index (χ2v) is 10.8. The number of carbonyl (C=O) groups is 4. The highest BCUT2D eigenvalue weighted by molar-refractivity contribution is 9.10. The van der Waals surface area contributed by atoms with E-state index in [4.69, 9.17) is 19.6 Å². The fourth-order valence-electron chi connectivity index (χ4n) is 4.67. The molecule has 244 valence electrons. The third kappa shape index (κ3) is 7.01. The van der Waals surface area contributed by atoms with Crippen LogP contribution >= 0.6 is 15.9 Å². The molecule has 1 aliphatic heterocycles. The number of alkyl halides is 3. The molecule has 0 fully saturated rings. The number of benzene rings is 3. The van der Waals surface area contributed by atoms with Crippen LogP contribution in [0.15, 0.2) is 69.8 Å². The Labute approximate surface area is 270 Å². The highest BCUT2D eigenvalue weighted by Crippen LogP contribution is 2.36. The first-order chi connectivity index (χ1) is 22.3.